The number of ether oxygens (including phenoxy) is 1. The molecule has 1 heterocycles. The van der Waals surface area contributed by atoms with Gasteiger partial charge in [-0.25, -0.2) is 0 Å². The number of rotatable bonds is 5. The molecule has 0 spiro atoms. The highest BCUT2D eigenvalue weighted by Gasteiger charge is 2.26. The zero-order chi connectivity index (χ0) is 15.5. The fourth-order valence-electron chi connectivity index (χ4n) is 4.31. The van der Waals surface area contributed by atoms with E-state index < -0.39 is 0 Å². The molecule has 3 rings (SSSR count). The number of fused-ring (bicyclic) bond motifs is 1. The Morgan fingerprint density at radius 2 is 1.91 bits per heavy atom. The Morgan fingerprint density at radius 1 is 1.18 bits per heavy atom. The lowest BCUT2D eigenvalue weighted by Gasteiger charge is -2.33. The lowest BCUT2D eigenvalue weighted by atomic mass is 9.92. The maximum atomic E-state index is 10.3. The van der Waals surface area contributed by atoms with E-state index in [0.29, 0.717) is 6.61 Å². The summed E-state index contributed by atoms with van der Waals surface area (Å²) >= 11 is 0. The molecule has 0 bridgehead atoms. The second kappa shape index (κ2) is 7.01. The van der Waals surface area contributed by atoms with Crippen LogP contribution in [0.4, 0.5) is 0 Å². The maximum Gasteiger partial charge on any atom is 0.137 e. The van der Waals surface area contributed by atoms with Crippen molar-refractivity contribution in [3.05, 3.63) is 29.3 Å². The van der Waals surface area contributed by atoms with Crippen molar-refractivity contribution in [2.45, 2.75) is 45.6 Å². The lowest BCUT2D eigenvalue weighted by molar-refractivity contribution is -0.915. The topological polar surface area (TPSA) is 33.9 Å². The minimum Gasteiger partial charge on any atom is -0.491 e. The van der Waals surface area contributed by atoms with Crippen LogP contribution in [0.15, 0.2) is 18.2 Å². The smallest absolute Gasteiger partial charge is 0.137 e. The van der Waals surface area contributed by atoms with Crippen LogP contribution in [0.3, 0.4) is 0 Å². The number of hydrogen-bond donors (Lipinski definition) is 2. The molecule has 1 aromatic carbocycles. The molecule has 22 heavy (non-hydrogen) atoms. The summed E-state index contributed by atoms with van der Waals surface area (Å²) in [6, 6.07) is 6.39. The second-order valence-corrected chi connectivity index (χ2v) is 7.56. The van der Waals surface area contributed by atoms with Gasteiger partial charge in [0, 0.05) is 11.8 Å². The maximum absolute atomic E-state index is 10.3. The predicted octanol–water partition coefficient (Wildman–Crippen LogP) is 1.48. The summed E-state index contributed by atoms with van der Waals surface area (Å²) in [5, 5.41) is 10.3. The van der Waals surface area contributed by atoms with E-state index in [1.54, 1.807) is 0 Å². The normalized spacial score (nSPS) is 29.1. The van der Waals surface area contributed by atoms with Crippen LogP contribution in [0.25, 0.3) is 0 Å². The molecular weight excluding hydrogens is 274 g/mol. The van der Waals surface area contributed by atoms with Gasteiger partial charge in [0.05, 0.1) is 13.1 Å². The van der Waals surface area contributed by atoms with Gasteiger partial charge in [-0.3, -0.25) is 0 Å². The Kier molecular flexibility index (Phi) is 5.04. The number of piperidine rings is 1. The Bertz CT molecular complexity index is 492. The first-order valence-corrected chi connectivity index (χ1v) is 8.86. The highest BCUT2D eigenvalue weighted by atomic mass is 16.5. The Hall–Kier alpha value is -1.06. The number of aryl methyl sites for hydroxylation is 2. The first-order chi connectivity index (χ1) is 10.6. The molecule has 3 heteroatoms. The second-order valence-electron chi connectivity index (χ2n) is 7.56. The van der Waals surface area contributed by atoms with Gasteiger partial charge in [0.1, 0.15) is 25.0 Å². The number of hydrogen-bond acceptors (Lipinski definition) is 2. The largest absolute Gasteiger partial charge is 0.491 e. The third-order valence-electron chi connectivity index (χ3n) is 5.12. The first-order valence-electron chi connectivity index (χ1n) is 8.86. The van der Waals surface area contributed by atoms with E-state index in [2.05, 4.69) is 32.0 Å². The Labute approximate surface area is 134 Å². The van der Waals surface area contributed by atoms with Gasteiger partial charge in [0.25, 0.3) is 0 Å². The van der Waals surface area contributed by atoms with E-state index in [1.807, 2.05) is 0 Å². The first kappa shape index (κ1) is 15.8. The summed E-state index contributed by atoms with van der Waals surface area (Å²) in [6.45, 7) is 8.22. The van der Waals surface area contributed by atoms with Gasteiger partial charge in [0.15, 0.2) is 0 Å². The summed E-state index contributed by atoms with van der Waals surface area (Å²) < 4.78 is 5.82. The Balaban J connectivity index is 1.47. The molecule has 1 aliphatic heterocycles. The molecule has 1 aromatic rings. The van der Waals surface area contributed by atoms with Crippen molar-refractivity contribution in [2.24, 2.45) is 11.8 Å². The molecule has 3 nitrogen and oxygen atoms in total. The molecule has 0 amide bonds. The fraction of sp³-hybridized carbons (Fsp3) is 0.684. The molecule has 0 saturated carbocycles. The third kappa shape index (κ3) is 4.02. The number of aliphatic hydroxyl groups excluding tert-OH is 1. The van der Waals surface area contributed by atoms with Crippen LogP contribution in [-0.4, -0.2) is 37.5 Å². The van der Waals surface area contributed by atoms with Crippen molar-refractivity contribution in [1.29, 1.82) is 0 Å². The molecular formula is C19H30NO2+. The van der Waals surface area contributed by atoms with Crippen molar-refractivity contribution in [3.63, 3.8) is 0 Å². The zero-order valence-electron chi connectivity index (χ0n) is 14.0. The van der Waals surface area contributed by atoms with Crippen LogP contribution in [0.1, 0.15) is 37.8 Å². The van der Waals surface area contributed by atoms with Crippen LogP contribution in [-0.2, 0) is 12.8 Å². The van der Waals surface area contributed by atoms with Crippen molar-refractivity contribution in [2.75, 3.05) is 26.2 Å². The van der Waals surface area contributed by atoms with Gasteiger partial charge < -0.3 is 14.7 Å². The third-order valence-corrected chi connectivity index (χ3v) is 5.12. The zero-order valence-corrected chi connectivity index (χ0v) is 14.0. The van der Waals surface area contributed by atoms with Crippen LogP contribution >= 0.6 is 0 Å². The average molecular weight is 304 g/mol. The van der Waals surface area contributed by atoms with E-state index in [1.165, 1.54) is 54.8 Å². The number of benzene rings is 1. The highest BCUT2D eigenvalue weighted by molar-refractivity contribution is 5.38. The predicted molar refractivity (Wildman–Crippen MR) is 88.5 cm³/mol. The SMILES string of the molecule is C[C@@H]1C[C@H](C)C[NH+](C[C@H](O)COc2ccc3c(c2)CCC3)C1. The van der Waals surface area contributed by atoms with E-state index in [9.17, 15) is 5.11 Å². The number of aliphatic hydroxyl groups is 1. The Morgan fingerprint density at radius 3 is 2.68 bits per heavy atom. The van der Waals surface area contributed by atoms with Gasteiger partial charge in [-0.1, -0.05) is 19.9 Å². The monoisotopic (exact) mass is 304 g/mol. The minimum atomic E-state index is -0.374. The summed E-state index contributed by atoms with van der Waals surface area (Å²) in [4.78, 5) is 1.52. The highest BCUT2D eigenvalue weighted by Crippen LogP contribution is 2.26. The van der Waals surface area contributed by atoms with E-state index in [0.717, 1.165) is 24.1 Å². The van der Waals surface area contributed by atoms with Crippen molar-refractivity contribution < 1.29 is 14.7 Å². The molecule has 0 aromatic heterocycles. The molecule has 2 N–H and O–H groups in total. The van der Waals surface area contributed by atoms with E-state index >= 15 is 0 Å². The minimum absolute atomic E-state index is 0.374. The molecule has 4 atom stereocenters. The van der Waals surface area contributed by atoms with Crippen molar-refractivity contribution in [3.8, 4) is 5.75 Å². The molecule has 1 fully saturated rings. The fourth-order valence-corrected chi connectivity index (χ4v) is 4.31. The van der Waals surface area contributed by atoms with Crippen LogP contribution in [0, 0.1) is 11.8 Å². The number of likely N-dealkylation sites (tertiary alicyclic amines) is 1. The van der Waals surface area contributed by atoms with E-state index in [4.69, 9.17) is 4.74 Å². The van der Waals surface area contributed by atoms with Gasteiger partial charge >= 0.3 is 0 Å². The van der Waals surface area contributed by atoms with E-state index in [-0.39, 0.29) is 6.10 Å². The average Bonchev–Trinajstić information content (AvgIpc) is 2.91. The molecule has 1 saturated heterocycles. The van der Waals surface area contributed by atoms with Gasteiger partial charge in [-0.05, 0) is 48.9 Å². The molecule has 2 aliphatic rings. The van der Waals surface area contributed by atoms with Crippen LogP contribution < -0.4 is 9.64 Å². The molecule has 1 aliphatic carbocycles. The van der Waals surface area contributed by atoms with Crippen molar-refractivity contribution in [1.82, 2.24) is 0 Å². The molecule has 0 radical (unpaired) electrons. The molecule has 1 unspecified atom stereocenters. The quantitative estimate of drug-likeness (QED) is 0.864. The number of quaternary nitrogens is 1. The summed E-state index contributed by atoms with van der Waals surface area (Å²) in [5.74, 6) is 2.45. The van der Waals surface area contributed by atoms with Crippen molar-refractivity contribution >= 4 is 0 Å². The lowest BCUT2D eigenvalue weighted by Crippen LogP contribution is -3.15. The molecule has 122 valence electrons. The van der Waals surface area contributed by atoms with Gasteiger partial charge in [0.2, 0.25) is 0 Å². The summed E-state index contributed by atoms with van der Waals surface area (Å²) in [6.07, 6.45) is 4.58. The number of nitrogens with one attached hydrogen (secondary N) is 1. The van der Waals surface area contributed by atoms with Gasteiger partial charge in [-0.15, -0.1) is 0 Å². The summed E-state index contributed by atoms with van der Waals surface area (Å²) in [5.41, 5.74) is 2.89. The summed E-state index contributed by atoms with van der Waals surface area (Å²) in [7, 11) is 0. The standard InChI is InChI=1S/C19H29NO2/c1-14-8-15(2)11-20(10-14)12-18(21)13-22-19-7-6-16-4-3-5-17(16)9-19/h6-7,9,14-15,18,21H,3-5,8,10-13H2,1-2H3/p+1/t14-,15+,18-/m0/s1. The van der Waals surface area contributed by atoms with Crippen LogP contribution in [0.5, 0.6) is 5.75 Å². The van der Waals surface area contributed by atoms with Crippen LogP contribution in [0.2, 0.25) is 0 Å². The van der Waals surface area contributed by atoms with Gasteiger partial charge in [-0.2, -0.15) is 0 Å².